The lowest BCUT2D eigenvalue weighted by Crippen LogP contribution is -1.97. The van der Waals surface area contributed by atoms with Crippen LogP contribution in [0.5, 0.6) is 0 Å². The minimum absolute atomic E-state index is 0.385. The maximum absolute atomic E-state index is 5.76. The Labute approximate surface area is 125 Å². The van der Waals surface area contributed by atoms with Gasteiger partial charge in [-0.05, 0) is 33.6 Å². The Hall–Kier alpha value is -2.14. The second kappa shape index (κ2) is 5.09. The third-order valence-corrected chi connectivity index (χ3v) is 3.93. The summed E-state index contributed by atoms with van der Waals surface area (Å²) in [7, 11) is 0. The van der Waals surface area contributed by atoms with Gasteiger partial charge in [0.2, 0.25) is 5.95 Å². The van der Waals surface area contributed by atoms with E-state index in [0.29, 0.717) is 5.95 Å². The maximum atomic E-state index is 5.76. The largest absolute Gasteiger partial charge is 0.368 e. The fourth-order valence-corrected chi connectivity index (χ4v) is 2.67. The number of halogens is 1. The number of nitrogen functional groups attached to an aromatic ring is 1. The summed E-state index contributed by atoms with van der Waals surface area (Å²) in [5.74, 6) is 0.385. The molecule has 3 rings (SSSR count). The summed E-state index contributed by atoms with van der Waals surface area (Å²) in [5.41, 5.74) is 7.60. The molecular formula is C15H13BrN4. The average molecular weight is 329 g/mol. The number of nitrogens with two attached hydrogens (primary N) is 1. The summed E-state index contributed by atoms with van der Waals surface area (Å²) in [6.45, 7) is 1.88. The molecule has 0 bridgehead atoms. The number of nitrogens with zero attached hydrogens (tertiary/aromatic N) is 3. The predicted octanol–water partition coefficient (Wildman–Crippen LogP) is 3.57. The van der Waals surface area contributed by atoms with Crippen molar-refractivity contribution in [2.75, 3.05) is 5.73 Å². The number of hydrogen-bond donors (Lipinski definition) is 1. The molecule has 0 radical (unpaired) electrons. The Morgan fingerprint density at radius 1 is 1.25 bits per heavy atom. The molecule has 20 heavy (non-hydrogen) atoms. The number of hydrogen-bond acceptors (Lipinski definition) is 3. The van der Waals surface area contributed by atoms with Crippen LogP contribution >= 0.6 is 15.9 Å². The Morgan fingerprint density at radius 3 is 2.80 bits per heavy atom. The van der Waals surface area contributed by atoms with Crippen LogP contribution in [0.25, 0.3) is 10.8 Å². The number of fused-ring (bicyclic) bond motifs is 1. The molecule has 0 fully saturated rings. The predicted molar refractivity (Wildman–Crippen MR) is 86.0 cm³/mol. The first-order chi connectivity index (χ1) is 9.65. The minimum atomic E-state index is 0.385. The van der Waals surface area contributed by atoms with E-state index >= 15 is 0 Å². The first-order valence-electron chi connectivity index (χ1n) is 6.18. The number of imidazole rings is 1. The molecule has 0 aliphatic carbocycles. The third-order valence-electron chi connectivity index (χ3n) is 3.05. The van der Waals surface area contributed by atoms with Gasteiger partial charge < -0.3 is 5.73 Å². The number of aromatic nitrogens is 2. The molecule has 0 atom stereocenters. The lowest BCUT2D eigenvalue weighted by Gasteiger charge is -2.04. The van der Waals surface area contributed by atoms with Gasteiger partial charge in [0.25, 0.3) is 0 Å². The van der Waals surface area contributed by atoms with Crippen molar-refractivity contribution in [1.82, 2.24) is 9.66 Å². The highest BCUT2D eigenvalue weighted by molar-refractivity contribution is 9.10. The highest BCUT2D eigenvalue weighted by Gasteiger charge is 2.03. The van der Waals surface area contributed by atoms with Gasteiger partial charge in [0.1, 0.15) is 0 Å². The molecular weight excluding hydrogens is 316 g/mol. The van der Waals surface area contributed by atoms with E-state index in [0.717, 1.165) is 21.1 Å². The number of benzene rings is 2. The smallest absolute Gasteiger partial charge is 0.221 e. The maximum Gasteiger partial charge on any atom is 0.221 e. The second-order valence-corrected chi connectivity index (χ2v) is 5.31. The van der Waals surface area contributed by atoms with Crippen molar-refractivity contribution in [2.24, 2.45) is 5.10 Å². The number of aryl methyl sites for hydroxylation is 1. The summed E-state index contributed by atoms with van der Waals surface area (Å²) < 4.78 is 2.59. The molecule has 1 aromatic heterocycles. The van der Waals surface area contributed by atoms with Crippen molar-refractivity contribution in [2.45, 2.75) is 6.92 Å². The number of anilines is 1. The SMILES string of the molecule is Cc1cn(N=Cc2ccc3ccccc3c2Br)c(N)n1. The molecule has 2 aromatic carbocycles. The highest BCUT2D eigenvalue weighted by Crippen LogP contribution is 2.26. The van der Waals surface area contributed by atoms with E-state index in [4.69, 9.17) is 5.73 Å². The molecule has 0 aliphatic heterocycles. The molecule has 1 heterocycles. The molecule has 100 valence electrons. The molecule has 0 spiro atoms. The summed E-state index contributed by atoms with van der Waals surface area (Å²) in [5, 5.41) is 6.69. The van der Waals surface area contributed by atoms with Crippen LogP contribution < -0.4 is 5.73 Å². The van der Waals surface area contributed by atoms with Crippen molar-refractivity contribution in [1.29, 1.82) is 0 Å². The monoisotopic (exact) mass is 328 g/mol. The molecule has 4 nitrogen and oxygen atoms in total. The fourth-order valence-electron chi connectivity index (χ4n) is 2.07. The van der Waals surface area contributed by atoms with Gasteiger partial charge in [-0.3, -0.25) is 0 Å². The Morgan fingerprint density at radius 2 is 2.05 bits per heavy atom. The zero-order chi connectivity index (χ0) is 14.1. The first kappa shape index (κ1) is 12.9. The van der Waals surface area contributed by atoms with E-state index in [1.807, 2.05) is 25.1 Å². The first-order valence-corrected chi connectivity index (χ1v) is 6.97. The van der Waals surface area contributed by atoms with Gasteiger partial charge in [0.05, 0.1) is 18.1 Å². The zero-order valence-electron chi connectivity index (χ0n) is 10.9. The Balaban J connectivity index is 2.03. The van der Waals surface area contributed by atoms with E-state index in [1.165, 1.54) is 5.39 Å². The highest BCUT2D eigenvalue weighted by atomic mass is 79.9. The molecule has 0 saturated carbocycles. The van der Waals surface area contributed by atoms with E-state index in [9.17, 15) is 0 Å². The van der Waals surface area contributed by atoms with E-state index < -0.39 is 0 Å². The average Bonchev–Trinajstić information content (AvgIpc) is 2.77. The van der Waals surface area contributed by atoms with Crippen LogP contribution in [-0.2, 0) is 0 Å². The lowest BCUT2D eigenvalue weighted by molar-refractivity contribution is 0.897. The Kier molecular flexibility index (Phi) is 3.28. The van der Waals surface area contributed by atoms with Crippen molar-refractivity contribution >= 4 is 38.9 Å². The quantitative estimate of drug-likeness (QED) is 0.731. The number of rotatable bonds is 2. The van der Waals surface area contributed by atoms with Gasteiger partial charge in [0.15, 0.2) is 0 Å². The van der Waals surface area contributed by atoms with E-state index in [1.54, 1.807) is 17.1 Å². The molecule has 5 heteroatoms. The standard InChI is InChI=1S/C15H13BrN4/c1-10-9-20(15(17)19-10)18-8-12-7-6-11-4-2-3-5-13(11)14(12)16/h2-9H,1H3,(H2,17,19). The lowest BCUT2D eigenvalue weighted by atomic mass is 10.1. The summed E-state index contributed by atoms with van der Waals surface area (Å²) in [4.78, 5) is 4.11. The fraction of sp³-hybridized carbons (Fsp3) is 0.0667. The molecule has 3 aromatic rings. The minimum Gasteiger partial charge on any atom is -0.368 e. The third kappa shape index (κ3) is 2.32. The zero-order valence-corrected chi connectivity index (χ0v) is 12.5. The van der Waals surface area contributed by atoms with Gasteiger partial charge in [-0.15, -0.1) is 0 Å². The van der Waals surface area contributed by atoms with Crippen LogP contribution in [-0.4, -0.2) is 15.9 Å². The summed E-state index contributed by atoms with van der Waals surface area (Å²) >= 11 is 3.63. The van der Waals surface area contributed by atoms with Gasteiger partial charge in [0, 0.05) is 10.0 Å². The summed E-state index contributed by atoms with van der Waals surface area (Å²) in [6, 6.07) is 12.3. The second-order valence-electron chi connectivity index (χ2n) is 4.52. The summed E-state index contributed by atoms with van der Waals surface area (Å²) in [6.07, 6.45) is 3.56. The van der Waals surface area contributed by atoms with E-state index in [-0.39, 0.29) is 0 Å². The van der Waals surface area contributed by atoms with Crippen LogP contribution in [0.3, 0.4) is 0 Å². The van der Waals surface area contributed by atoms with Crippen molar-refractivity contribution in [3.63, 3.8) is 0 Å². The van der Waals surface area contributed by atoms with Crippen LogP contribution in [0.4, 0.5) is 5.95 Å². The van der Waals surface area contributed by atoms with Crippen LogP contribution in [0, 0.1) is 6.92 Å². The van der Waals surface area contributed by atoms with Crippen molar-refractivity contribution < 1.29 is 0 Å². The van der Waals surface area contributed by atoms with E-state index in [2.05, 4.69) is 44.2 Å². The van der Waals surface area contributed by atoms with Gasteiger partial charge in [-0.25, -0.2) is 9.66 Å². The van der Waals surface area contributed by atoms with Crippen molar-refractivity contribution in [3.8, 4) is 0 Å². The van der Waals surface area contributed by atoms with Gasteiger partial charge >= 0.3 is 0 Å². The molecule has 0 unspecified atom stereocenters. The van der Waals surface area contributed by atoms with Crippen molar-refractivity contribution in [3.05, 3.63) is 58.3 Å². The molecule has 2 N–H and O–H groups in total. The van der Waals surface area contributed by atoms with Gasteiger partial charge in [-0.1, -0.05) is 36.4 Å². The topological polar surface area (TPSA) is 56.2 Å². The van der Waals surface area contributed by atoms with Crippen LogP contribution in [0.2, 0.25) is 0 Å². The molecule has 0 saturated heterocycles. The Bertz CT molecular complexity index is 805. The van der Waals surface area contributed by atoms with Crippen LogP contribution in [0.1, 0.15) is 11.3 Å². The normalized spacial score (nSPS) is 11.5. The molecule has 0 aliphatic rings. The van der Waals surface area contributed by atoms with Crippen LogP contribution in [0.15, 0.2) is 52.2 Å². The van der Waals surface area contributed by atoms with Gasteiger partial charge in [-0.2, -0.15) is 5.10 Å². The molecule has 0 amide bonds.